The molecule has 119 valence electrons. The molecule has 0 bridgehead atoms. The topological polar surface area (TPSA) is 115 Å². The molecular formula is C12H18MnN2O6. The van der Waals surface area contributed by atoms with E-state index in [4.69, 9.17) is 10.2 Å². The van der Waals surface area contributed by atoms with Gasteiger partial charge in [-0.1, -0.05) is 0 Å². The summed E-state index contributed by atoms with van der Waals surface area (Å²) in [5, 5.41) is 17.7. The van der Waals surface area contributed by atoms with Gasteiger partial charge in [0.2, 0.25) is 0 Å². The summed E-state index contributed by atoms with van der Waals surface area (Å²) in [7, 11) is 0. The van der Waals surface area contributed by atoms with E-state index >= 15 is 0 Å². The van der Waals surface area contributed by atoms with Crippen LogP contribution in [-0.4, -0.2) is 91.2 Å². The Morgan fingerprint density at radius 2 is 1.00 bits per heavy atom. The van der Waals surface area contributed by atoms with Crippen molar-refractivity contribution >= 4 is 18.7 Å². The number of β-amino-alcohol motifs (C(OH)–C–C–N with tert-alkyl or cyclic N) is 2. The van der Waals surface area contributed by atoms with Crippen LogP contribution in [0.1, 0.15) is 0 Å². The van der Waals surface area contributed by atoms with E-state index in [2.05, 4.69) is 0 Å². The van der Waals surface area contributed by atoms with Gasteiger partial charge in [-0.15, -0.1) is 0 Å². The van der Waals surface area contributed by atoms with Gasteiger partial charge in [0.25, 0.3) is 0 Å². The molecule has 0 aliphatic carbocycles. The fourth-order valence-electron chi connectivity index (χ4n) is 2.48. The number of carbonyl (C=O) groups excluding carboxylic acids is 4. The molecule has 0 amide bonds. The summed E-state index contributed by atoms with van der Waals surface area (Å²) in [6.45, 7) is -0.563. The molecule has 0 aromatic heterocycles. The fourth-order valence-corrected chi connectivity index (χ4v) is 6.86. The molecule has 2 saturated heterocycles. The number of hydrogen-bond acceptors (Lipinski definition) is 8. The molecule has 0 saturated carbocycles. The summed E-state index contributed by atoms with van der Waals surface area (Å²) in [6.07, 6.45) is 0. The number of rotatable bonds is 4. The Bertz CT molecular complexity index is 411. The summed E-state index contributed by atoms with van der Waals surface area (Å²) in [4.78, 5) is 52.4. The Morgan fingerprint density at radius 3 is 1.24 bits per heavy atom. The summed E-state index contributed by atoms with van der Waals surface area (Å²) in [5.41, 5.74) is 0. The fraction of sp³-hybridized carbons (Fsp3) is 0.667. The van der Waals surface area contributed by atoms with E-state index in [1.165, 1.54) is 9.80 Å². The van der Waals surface area contributed by atoms with Gasteiger partial charge < -0.3 is 0 Å². The predicted octanol–water partition coefficient (Wildman–Crippen LogP) is -3.14. The van der Waals surface area contributed by atoms with Crippen molar-refractivity contribution in [2.24, 2.45) is 0 Å². The molecule has 0 aromatic rings. The second-order valence-corrected chi connectivity index (χ2v) is 9.26. The third-order valence-electron chi connectivity index (χ3n) is 3.49. The maximum atomic E-state index is 12.4. The van der Waals surface area contributed by atoms with E-state index < -0.39 is 31.6 Å². The van der Waals surface area contributed by atoms with Crippen LogP contribution in [0.5, 0.6) is 0 Å². The zero-order valence-electron chi connectivity index (χ0n) is 11.5. The molecule has 21 heavy (non-hydrogen) atoms. The molecule has 2 aliphatic rings. The van der Waals surface area contributed by atoms with E-state index in [0.29, 0.717) is 0 Å². The molecule has 8 nitrogen and oxygen atoms in total. The molecule has 0 atom stereocenters. The average molecular weight is 341 g/mol. The number of nitrogens with zero attached hydrogens (tertiary/aromatic N) is 2. The van der Waals surface area contributed by atoms with Gasteiger partial charge in [0.15, 0.2) is 0 Å². The molecular weight excluding hydrogens is 323 g/mol. The first kappa shape index (κ1) is 16.4. The minimum absolute atomic E-state index is 0.128. The molecule has 1 spiro atoms. The Hall–Kier alpha value is -0.961. The molecule has 0 radical (unpaired) electrons. The summed E-state index contributed by atoms with van der Waals surface area (Å²) >= 11 is -3.95. The van der Waals surface area contributed by atoms with Crippen LogP contribution in [0, 0.1) is 0 Å². The molecule has 9 heteroatoms. The molecule has 0 aromatic carbocycles. The summed E-state index contributed by atoms with van der Waals surface area (Å²) in [5.74, 6) is 0. The molecule has 2 rings (SSSR count). The number of aliphatic hydroxyl groups excluding tert-OH is 2. The van der Waals surface area contributed by atoms with Gasteiger partial charge in [-0.2, -0.15) is 0 Å². The van der Waals surface area contributed by atoms with Crippen LogP contribution in [0.25, 0.3) is 0 Å². The first-order valence-electron chi connectivity index (χ1n) is 6.52. The van der Waals surface area contributed by atoms with Gasteiger partial charge in [0.05, 0.1) is 0 Å². The summed E-state index contributed by atoms with van der Waals surface area (Å²) in [6, 6.07) is 0. The van der Waals surface area contributed by atoms with Crippen LogP contribution in [0.4, 0.5) is 0 Å². The SMILES string of the molecule is O=[C]1CN(CCO)C[C](=O)[Mn]12[C](=O)CN(CCO)C[C]2=O. The second-order valence-electron chi connectivity index (χ2n) is 4.86. The molecule has 0 unspecified atom stereocenters. The van der Waals surface area contributed by atoms with Crippen molar-refractivity contribution in [2.45, 2.75) is 0 Å². The zero-order valence-corrected chi connectivity index (χ0v) is 12.6. The number of aliphatic hydroxyl groups is 2. The average Bonchev–Trinajstić information content (AvgIpc) is 2.38. The standard InChI is InChI=1S/2C6H9NO3.Mn/c2*8-4-1-7(2-5-9)3-6-10;/h2*8H,1-4H2;. The van der Waals surface area contributed by atoms with Crippen LogP contribution >= 0.6 is 0 Å². The third-order valence-corrected chi connectivity index (χ3v) is 8.19. The van der Waals surface area contributed by atoms with E-state index in [0.717, 1.165) is 0 Å². The van der Waals surface area contributed by atoms with Gasteiger partial charge in [0.1, 0.15) is 0 Å². The van der Waals surface area contributed by atoms with Crippen LogP contribution in [0.15, 0.2) is 0 Å². The Balaban J connectivity index is 2.25. The number of hydrogen-bond donors (Lipinski definition) is 2. The van der Waals surface area contributed by atoms with Crippen LogP contribution in [0.2, 0.25) is 0 Å². The van der Waals surface area contributed by atoms with Crippen molar-refractivity contribution in [3.8, 4) is 0 Å². The molecule has 2 heterocycles. The normalized spacial score (nSPS) is 25.6. The Labute approximate surface area is 123 Å². The predicted molar refractivity (Wildman–Crippen MR) is 67.1 cm³/mol. The first-order chi connectivity index (χ1) is 9.96. The Kier molecular flexibility index (Phi) is 5.03. The second kappa shape index (κ2) is 6.43. The van der Waals surface area contributed by atoms with Crippen LogP contribution in [-0.2, 0) is 32.0 Å². The van der Waals surface area contributed by atoms with E-state index in [-0.39, 0.29) is 52.5 Å². The van der Waals surface area contributed by atoms with Crippen LogP contribution < -0.4 is 0 Å². The monoisotopic (exact) mass is 341 g/mol. The van der Waals surface area contributed by atoms with Gasteiger partial charge in [0, 0.05) is 0 Å². The van der Waals surface area contributed by atoms with Gasteiger partial charge in [-0.25, -0.2) is 0 Å². The van der Waals surface area contributed by atoms with Gasteiger partial charge in [-0.05, 0) is 0 Å². The van der Waals surface area contributed by atoms with Crippen molar-refractivity contribution in [1.82, 2.24) is 9.80 Å². The van der Waals surface area contributed by atoms with Crippen molar-refractivity contribution < 1.29 is 42.2 Å². The minimum atomic E-state index is -3.95. The van der Waals surface area contributed by atoms with Gasteiger partial charge >= 0.3 is 123 Å². The Morgan fingerprint density at radius 1 is 0.714 bits per heavy atom. The maximum absolute atomic E-state index is 12.4. The van der Waals surface area contributed by atoms with E-state index in [1.54, 1.807) is 0 Å². The van der Waals surface area contributed by atoms with E-state index in [9.17, 15) is 19.2 Å². The third kappa shape index (κ3) is 2.73. The van der Waals surface area contributed by atoms with Crippen molar-refractivity contribution in [3.05, 3.63) is 0 Å². The van der Waals surface area contributed by atoms with Crippen molar-refractivity contribution in [1.29, 1.82) is 0 Å². The molecule has 2 aliphatic heterocycles. The van der Waals surface area contributed by atoms with Crippen LogP contribution in [0.3, 0.4) is 0 Å². The van der Waals surface area contributed by atoms with Gasteiger partial charge in [-0.3, -0.25) is 0 Å². The molecule has 2 N–H and O–H groups in total. The zero-order chi connectivity index (χ0) is 15.6. The van der Waals surface area contributed by atoms with Crippen molar-refractivity contribution in [3.63, 3.8) is 0 Å². The first-order valence-corrected chi connectivity index (χ1v) is 8.88. The van der Waals surface area contributed by atoms with E-state index in [1.807, 2.05) is 0 Å². The summed E-state index contributed by atoms with van der Waals surface area (Å²) < 4.78 is -2.25. The van der Waals surface area contributed by atoms with Crippen molar-refractivity contribution in [2.75, 3.05) is 52.5 Å². The number of carbonyl (C=O) groups is 4. The quantitative estimate of drug-likeness (QED) is 0.516. The molecule has 2 fully saturated rings.